The van der Waals surface area contributed by atoms with Crippen LogP contribution in [0.15, 0.2) is 99.9 Å². The van der Waals surface area contributed by atoms with Gasteiger partial charge in [0.05, 0.1) is 62.8 Å². The zero-order chi connectivity index (χ0) is 59.1. The molecule has 5 N–H and O–H groups in total. The van der Waals surface area contributed by atoms with Crippen LogP contribution in [0.4, 0.5) is 24.5 Å². The second-order valence-corrected chi connectivity index (χ2v) is 22.9. The van der Waals surface area contributed by atoms with Crippen LogP contribution < -0.4 is 26.4 Å². The summed E-state index contributed by atoms with van der Waals surface area (Å²) < 4.78 is 47.5. The number of carbonyl (C=O) groups excluding carboxylic acids is 5. The predicted octanol–water partition coefficient (Wildman–Crippen LogP) is 6.98. The molecule has 0 aliphatic carbocycles. The largest absolute Gasteiger partial charge is 0.417 e. The average Bonchev–Trinajstić information content (AvgIpc) is 4.41. The van der Waals surface area contributed by atoms with Crippen LogP contribution in [0.5, 0.6) is 0 Å². The Morgan fingerprint density at radius 2 is 1.61 bits per heavy atom. The van der Waals surface area contributed by atoms with E-state index in [1.807, 2.05) is 93.4 Å². The van der Waals surface area contributed by atoms with Crippen molar-refractivity contribution in [1.82, 2.24) is 45.4 Å². The second kappa shape index (κ2) is 26.2. The van der Waals surface area contributed by atoms with Gasteiger partial charge in [0.15, 0.2) is 0 Å². The number of β-amino-alcohol motifs (C(OH)–C–C–N with tert-alkyl or cyclic N) is 1. The van der Waals surface area contributed by atoms with Crippen molar-refractivity contribution in [2.24, 2.45) is 5.92 Å². The number of alkyl halides is 3. The van der Waals surface area contributed by atoms with Crippen LogP contribution >= 0.6 is 11.3 Å². The summed E-state index contributed by atoms with van der Waals surface area (Å²) in [6, 6.07) is 21.3. The minimum absolute atomic E-state index is 0.0183. The number of H-pyrrole nitrogens is 1. The molecule has 3 aromatic carbocycles. The van der Waals surface area contributed by atoms with Crippen LogP contribution in [0, 0.1) is 19.8 Å². The quantitative estimate of drug-likeness (QED) is 0.0516. The lowest BCUT2D eigenvalue weighted by Gasteiger charge is -2.35. The number of aliphatic hydroxyl groups is 1. The molecule has 19 nitrogen and oxygen atoms in total. The maximum absolute atomic E-state index is 14.3. The molecule has 5 amide bonds. The zero-order valence-electron chi connectivity index (χ0n) is 47.1. The number of nitrogens with zero attached hydrogens (tertiary/aromatic N) is 7. The van der Waals surface area contributed by atoms with Gasteiger partial charge in [-0.25, -0.2) is 4.98 Å². The standard InChI is InChI=1S/C60H70F3N11O8S/c1-36(2)55(51-26-37(3)69-82-51)59(81)74-34-44(75)29-50(74)58(80)67-47(40-11-13-41(14-12-40)56-38(4)66-35-83-56)31-53(77)64-17-7-10-54(78)73-24-20-71(21-25-73)33-39-8-6-9-42(27-39)43-15-16-49(72-22-18-70(5)19-23-72)48(28-43)68-57(79)45-32-65-52(76)30-46(45)60(61,62)63/h6,8-9,11-16,26-28,30,32,35-36,44,47,50,55,75H,7,10,17-25,29,31,33-34H2,1-5H3,(H,64,77)(H,65,76)(H,67,80)(H,68,79)/t44-,47+,50+,55-/m1/s1. The number of nitrogens with one attached hydrogen (secondary N) is 4. The van der Waals surface area contributed by atoms with Crippen molar-refractivity contribution < 1.29 is 46.8 Å². The van der Waals surface area contributed by atoms with Crippen molar-refractivity contribution >= 4 is 52.2 Å². The van der Waals surface area contributed by atoms with Gasteiger partial charge < -0.3 is 50.2 Å². The molecule has 0 spiro atoms. The molecule has 4 atom stereocenters. The summed E-state index contributed by atoms with van der Waals surface area (Å²) in [6.07, 6.45) is -4.59. The van der Waals surface area contributed by atoms with Gasteiger partial charge in [0.2, 0.25) is 29.2 Å². The Hall–Kier alpha value is -7.73. The van der Waals surface area contributed by atoms with Crippen LogP contribution in [0.3, 0.4) is 0 Å². The van der Waals surface area contributed by atoms with Gasteiger partial charge in [0, 0.05) is 103 Å². The molecule has 440 valence electrons. The van der Waals surface area contributed by atoms with E-state index in [1.165, 1.54) is 16.2 Å². The first kappa shape index (κ1) is 59.9. The molecule has 3 aliphatic heterocycles. The van der Waals surface area contributed by atoms with Crippen molar-refractivity contribution in [3.8, 4) is 21.6 Å². The summed E-state index contributed by atoms with van der Waals surface area (Å²) in [4.78, 5) is 98.3. The first-order chi connectivity index (χ1) is 39.7. The monoisotopic (exact) mass is 1160 g/mol. The number of hydrogen-bond acceptors (Lipinski definition) is 14. The number of rotatable bonds is 19. The Morgan fingerprint density at radius 1 is 0.892 bits per heavy atom. The Balaban J connectivity index is 0.787. The fourth-order valence-corrected chi connectivity index (χ4v) is 11.9. The first-order valence-electron chi connectivity index (χ1n) is 28.0. The lowest BCUT2D eigenvalue weighted by molar-refractivity contribution is -0.141. The minimum Gasteiger partial charge on any atom is -0.391 e. The number of aryl methyl sites for hydroxylation is 2. The number of hydrogen-bond donors (Lipinski definition) is 5. The number of likely N-dealkylation sites (N-methyl/N-ethyl adjacent to an activating group) is 1. The third-order valence-corrected chi connectivity index (χ3v) is 16.6. The topological polar surface area (TPSA) is 230 Å². The number of pyridine rings is 1. The molecule has 3 aliphatic rings. The van der Waals surface area contributed by atoms with Gasteiger partial charge in [-0.1, -0.05) is 67.5 Å². The summed E-state index contributed by atoms with van der Waals surface area (Å²) in [5, 5.41) is 23.5. The fraction of sp³-hybridized carbons (Fsp3) is 0.433. The van der Waals surface area contributed by atoms with E-state index < -0.39 is 58.8 Å². The van der Waals surface area contributed by atoms with Crippen molar-refractivity contribution in [2.75, 3.05) is 82.7 Å². The summed E-state index contributed by atoms with van der Waals surface area (Å²) >= 11 is 1.51. The van der Waals surface area contributed by atoms with Crippen LogP contribution in [0.25, 0.3) is 21.6 Å². The van der Waals surface area contributed by atoms with E-state index in [-0.39, 0.29) is 56.0 Å². The van der Waals surface area contributed by atoms with E-state index in [9.17, 15) is 47.0 Å². The van der Waals surface area contributed by atoms with Gasteiger partial charge in [-0.15, -0.1) is 11.3 Å². The number of piperazine rings is 2. The molecule has 9 rings (SSSR count). The van der Waals surface area contributed by atoms with E-state index in [0.29, 0.717) is 86.7 Å². The minimum atomic E-state index is -4.93. The predicted molar refractivity (Wildman–Crippen MR) is 308 cm³/mol. The highest BCUT2D eigenvalue weighted by Crippen LogP contribution is 2.37. The number of thiazole rings is 1. The van der Waals surface area contributed by atoms with Crippen molar-refractivity contribution in [3.05, 3.63) is 140 Å². The summed E-state index contributed by atoms with van der Waals surface area (Å²) in [6.45, 7) is 13.3. The molecule has 23 heteroatoms. The highest BCUT2D eigenvalue weighted by atomic mass is 32.1. The maximum atomic E-state index is 14.3. The SMILES string of the molecule is Cc1cc([C@H](C(=O)N2C[C@H](O)C[C@H]2C(=O)N[C@@H](CC(=O)NCCCC(=O)N2CCN(Cc3cccc(-c4ccc(N5CCN(C)CC5)c(NC(=O)c5c[nH]c(=O)cc5C(F)(F)F)c4)c3)CC2)c2ccc(-c3scnc3C)cc2)C(C)C)on1. The van der Waals surface area contributed by atoms with Crippen LogP contribution in [-0.4, -0.2) is 154 Å². The average molecular weight is 1160 g/mol. The number of carbonyl (C=O) groups is 5. The van der Waals surface area contributed by atoms with E-state index >= 15 is 0 Å². The molecule has 0 bridgehead atoms. The van der Waals surface area contributed by atoms with E-state index in [2.05, 4.69) is 45.8 Å². The summed E-state index contributed by atoms with van der Waals surface area (Å²) in [5.41, 5.74) is 5.44. The number of anilines is 2. The molecule has 6 aromatic rings. The lowest BCUT2D eigenvalue weighted by atomic mass is 9.91. The number of aromatic nitrogens is 3. The van der Waals surface area contributed by atoms with Crippen molar-refractivity contribution in [2.45, 2.75) is 90.2 Å². The molecule has 83 heavy (non-hydrogen) atoms. The molecule has 0 radical (unpaired) electrons. The Morgan fingerprint density at radius 3 is 2.29 bits per heavy atom. The molecule has 3 saturated heterocycles. The molecule has 3 fully saturated rings. The maximum Gasteiger partial charge on any atom is 0.417 e. The van der Waals surface area contributed by atoms with E-state index in [4.69, 9.17) is 4.52 Å². The Kier molecular flexibility index (Phi) is 18.9. The molecule has 6 heterocycles. The number of aliphatic hydroxyl groups excluding tert-OH is 1. The lowest BCUT2D eigenvalue weighted by Crippen LogP contribution is -2.49. The number of amides is 5. The Labute approximate surface area is 483 Å². The van der Waals surface area contributed by atoms with Crippen LogP contribution in [0.1, 0.15) is 95.7 Å². The van der Waals surface area contributed by atoms with Crippen molar-refractivity contribution in [1.29, 1.82) is 0 Å². The Bertz CT molecular complexity index is 3350. The van der Waals surface area contributed by atoms with Crippen LogP contribution in [0.2, 0.25) is 0 Å². The second-order valence-electron chi connectivity index (χ2n) is 22.1. The molecular weight excluding hydrogens is 1090 g/mol. The van der Waals surface area contributed by atoms with E-state index in [1.54, 1.807) is 24.6 Å². The summed E-state index contributed by atoms with van der Waals surface area (Å²) in [5.74, 6) is -2.80. The molecule has 3 aromatic heterocycles. The molecule has 0 saturated carbocycles. The third kappa shape index (κ3) is 14.7. The number of likely N-dealkylation sites (tertiary alicyclic amines) is 1. The van der Waals surface area contributed by atoms with Gasteiger partial charge in [-0.2, -0.15) is 13.2 Å². The zero-order valence-corrected chi connectivity index (χ0v) is 47.9. The first-order valence-corrected chi connectivity index (χ1v) is 28.8. The molecule has 0 unspecified atom stereocenters. The molecular formula is C60H70F3N11O8S. The number of aromatic amines is 1. The fourth-order valence-electron chi connectivity index (χ4n) is 11.1. The smallest absolute Gasteiger partial charge is 0.391 e. The number of halogens is 3. The number of benzene rings is 3. The van der Waals surface area contributed by atoms with E-state index in [0.717, 1.165) is 52.1 Å². The third-order valence-electron chi connectivity index (χ3n) is 15.6. The normalized spacial score (nSPS) is 17.8. The van der Waals surface area contributed by atoms with Crippen molar-refractivity contribution in [3.63, 3.8) is 0 Å². The van der Waals surface area contributed by atoms with Gasteiger partial charge in [0.25, 0.3) is 5.91 Å². The van der Waals surface area contributed by atoms with Gasteiger partial charge >= 0.3 is 6.18 Å². The van der Waals surface area contributed by atoms with Gasteiger partial charge in [0.1, 0.15) is 17.7 Å². The summed E-state index contributed by atoms with van der Waals surface area (Å²) in [7, 11) is 2.01. The highest BCUT2D eigenvalue weighted by molar-refractivity contribution is 7.13. The van der Waals surface area contributed by atoms with Crippen LogP contribution in [-0.2, 0) is 31.9 Å². The van der Waals surface area contributed by atoms with Gasteiger partial charge in [-0.3, -0.25) is 33.7 Å². The highest BCUT2D eigenvalue weighted by Gasteiger charge is 2.44. The van der Waals surface area contributed by atoms with Gasteiger partial charge in [-0.05, 0) is 79.3 Å².